The fourth-order valence-electron chi connectivity index (χ4n) is 4.92. The molecule has 0 aliphatic heterocycles. The zero-order chi connectivity index (χ0) is 26.0. The van der Waals surface area contributed by atoms with Gasteiger partial charge in [0.25, 0.3) is 0 Å². The monoisotopic (exact) mass is 489 g/mol. The third-order valence-corrected chi connectivity index (χ3v) is 6.93. The molecule has 1 atom stereocenters. The first-order valence-electron chi connectivity index (χ1n) is 11.9. The second kappa shape index (κ2) is 10.0. The Morgan fingerprint density at radius 1 is 1.11 bits per heavy atom. The van der Waals surface area contributed by atoms with Crippen LogP contribution in [0, 0.1) is 19.7 Å². The smallest absolute Gasteiger partial charge is 0.405 e. The number of pyridine rings is 1. The van der Waals surface area contributed by atoms with Gasteiger partial charge >= 0.3 is 6.09 Å². The minimum absolute atomic E-state index is 0.279. The summed E-state index contributed by atoms with van der Waals surface area (Å²) in [4.78, 5) is 16.6. The number of aryl methyl sites for hydroxylation is 1. The van der Waals surface area contributed by atoms with Crippen molar-refractivity contribution in [3.63, 3.8) is 0 Å². The Kier molecular flexibility index (Phi) is 7.02. The molecule has 188 valence electrons. The van der Waals surface area contributed by atoms with E-state index in [1.165, 1.54) is 12.1 Å². The highest BCUT2D eigenvalue weighted by molar-refractivity contribution is 5.85. The van der Waals surface area contributed by atoms with Gasteiger partial charge in [0.1, 0.15) is 17.2 Å². The standard InChI is InChI=1S/C29H32FN3O3/c1-18-19(2)33(17-21-7-6-8-23(15-21)35-5)27-24(13-14-32-26(18)27)25(29(3,4)36-28(31)34)16-20-9-11-22(30)12-10-20/h6-15,25H,16-17H2,1-5H3,(H2,31,34). The van der Waals surface area contributed by atoms with Gasteiger partial charge in [-0.2, -0.15) is 0 Å². The first-order chi connectivity index (χ1) is 17.1. The average Bonchev–Trinajstić information content (AvgIpc) is 3.08. The summed E-state index contributed by atoms with van der Waals surface area (Å²) in [6, 6.07) is 16.4. The SMILES string of the molecule is COc1cccc(Cn2c(C)c(C)c3nccc(C(Cc4ccc(F)cc4)C(C)(C)OC(N)=O)c32)c1. The number of aromatic nitrogens is 2. The van der Waals surface area contributed by atoms with E-state index in [0.29, 0.717) is 13.0 Å². The van der Waals surface area contributed by atoms with Crippen molar-refractivity contribution >= 4 is 17.1 Å². The summed E-state index contributed by atoms with van der Waals surface area (Å²) >= 11 is 0. The Labute approximate surface area is 210 Å². The van der Waals surface area contributed by atoms with Crippen molar-refractivity contribution in [3.8, 4) is 5.75 Å². The lowest BCUT2D eigenvalue weighted by Crippen LogP contribution is -2.38. The molecule has 0 aliphatic rings. The molecule has 1 unspecified atom stereocenters. The molecular formula is C29H32FN3O3. The number of rotatable bonds is 8. The maximum absolute atomic E-state index is 13.6. The highest BCUT2D eigenvalue weighted by Crippen LogP contribution is 2.39. The van der Waals surface area contributed by atoms with Gasteiger partial charge in [0, 0.05) is 24.4 Å². The number of benzene rings is 2. The molecule has 6 nitrogen and oxygen atoms in total. The van der Waals surface area contributed by atoms with Gasteiger partial charge in [-0.3, -0.25) is 4.98 Å². The van der Waals surface area contributed by atoms with Crippen LogP contribution >= 0.6 is 0 Å². The summed E-state index contributed by atoms with van der Waals surface area (Å²) in [5.74, 6) is 0.216. The number of hydrogen-bond donors (Lipinski definition) is 1. The fraction of sp³-hybridized carbons (Fsp3) is 0.310. The molecule has 0 fully saturated rings. The molecule has 4 rings (SSSR count). The Bertz CT molecular complexity index is 1390. The number of hydrogen-bond acceptors (Lipinski definition) is 4. The number of nitrogens with two attached hydrogens (primary N) is 1. The molecule has 0 bridgehead atoms. The maximum Gasteiger partial charge on any atom is 0.405 e. The second-order valence-electron chi connectivity index (χ2n) is 9.65. The predicted molar refractivity (Wildman–Crippen MR) is 139 cm³/mol. The van der Waals surface area contributed by atoms with Crippen molar-refractivity contribution in [1.82, 2.24) is 9.55 Å². The van der Waals surface area contributed by atoms with Crippen molar-refractivity contribution in [2.75, 3.05) is 7.11 Å². The first kappa shape index (κ1) is 25.2. The van der Waals surface area contributed by atoms with Crippen LogP contribution in [0.4, 0.5) is 9.18 Å². The average molecular weight is 490 g/mol. The third kappa shape index (κ3) is 5.05. The largest absolute Gasteiger partial charge is 0.497 e. The van der Waals surface area contributed by atoms with Crippen molar-refractivity contribution < 1.29 is 18.7 Å². The van der Waals surface area contributed by atoms with Crippen LogP contribution in [0.2, 0.25) is 0 Å². The molecular weight excluding hydrogens is 457 g/mol. The molecule has 0 saturated carbocycles. The number of ether oxygens (including phenoxy) is 2. The minimum Gasteiger partial charge on any atom is -0.497 e. The van der Waals surface area contributed by atoms with Gasteiger partial charge in [-0.25, -0.2) is 9.18 Å². The molecule has 2 aromatic carbocycles. The van der Waals surface area contributed by atoms with Crippen LogP contribution in [-0.2, 0) is 17.7 Å². The van der Waals surface area contributed by atoms with E-state index in [4.69, 9.17) is 20.2 Å². The molecule has 2 aromatic heterocycles. The second-order valence-corrected chi connectivity index (χ2v) is 9.65. The summed E-state index contributed by atoms with van der Waals surface area (Å²) in [7, 11) is 1.66. The number of primary amides is 1. The van der Waals surface area contributed by atoms with Crippen molar-refractivity contribution in [2.24, 2.45) is 5.73 Å². The van der Waals surface area contributed by atoms with Crippen LogP contribution in [0.25, 0.3) is 11.0 Å². The zero-order valence-electron chi connectivity index (χ0n) is 21.3. The molecule has 2 heterocycles. The lowest BCUT2D eigenvalue weighted by atomic mass is 9.79. The molecule has 0 aliphatic carbocycles. The maximum atomic E-state index is 13.6. The highest BCUT2D eigenvalue weighted by Gasteiger charge is 2.36. The van der Waals surface area contributed by atoms with Gasteiger partial charge in [-0.15, -0.1) is 0 Å². The van der Waals surface area contributed by atoms with Gasteiger partial charge in [0.05, 0.1) is 18.1 Å². The van der Waals surface area contributed by atoms with Crippen LogP contribution < -0.4 is 10.5 Å². The van der Waals surface area contributed by atoms with Gasteiger partial charge in [0.15, 0.2) is 0 Å². The Morgan fingerprint density at radius 2 is 1.83 bits per heavy atom. The molecule has 36 heavy (non-hydrogen) atoms. The van der Waals surface area contributed by atoms with Crippen LogP contribution in [0.1, 0.15) is 47.7 Å². The van der Waals surface area contributed by atoms with Crippen LogP contribution in [0.5, 0.6) is 5.75 Å². The lowest BCUT2D eigenvalue weighted by Gasteiger charge is -2.34. The molecule has 2 N–H and O–H groups in total. The third-order valence-electron chi connectivity index (χ3n) is 6.93. The Hall–Kier alpha value is -3.87. The highest BCUT2D eigenvalue weighted by atomic mass is 19.1. The summed E-state index contributed by atoms with van der Waals surface area (Å²) < 4.78 is 26.9. The van der Waals surface area contributed by atoms with Gasteiger partial charge in [0.2, 0.25) is 0 Å². The number of methoxy groups -OCH3 is 1. The molecule has 1 amide bonds. The Balaban J connectivity index is 1.90. The van der Waals surface area contributed by atoms with Gasteiger partial charge in [-0.1, -0.05) is 24.3 Å². The number of halogens is 1. The van der Waals surface area contributed by atoms with E-state index in [0.717, 1.165) is 44.7 Å². The van der Waals surface area contributed by atoms with Crippen LogP contribution in [0.3, 0.4) is 0 Å². The van der Waals surface area contributed by atoms with E-state index in [9.17, 15) is 9.18 Å². The molecule has 0 saturated heterocycles. The number of carbonyl (C=O) groups excluding carboxylic acids is 1. The number of fused-ring (bicyclic) bond motifs is 1. The first-order valence-corrected chi connectivity index (χ1v) is 11.9. The molecule has 0 radical (unpaired) electrons. The summed E-state index contributed by atoms with van der Waals surface area (Å²) in [6.45, 7) is 8.48. The normalized spacial score (nSPS) is 12.5. The van der Waals surface area contributed by atoms with Crippen LogP contribution in [-0.4, -0.2) is 28.4 Å². The van der Waals surface area contributed by atoms with Crippen molar-refractivity contribution in [2.45, 2.75) is 52.2 Å². The summed E-state index contributed by atoms with van der Waals surface area (Å²) in [6.07, 6.45) is 1.47. The van der Waals surface area contributed by atoms with Gasteiger partial charge in [-0.05, 0) is 86.7 Å². The predicted octanol–water partition coefficient (Wildman–Crippen LogP) is 6.05. The van der Waals surface area contributed by atoms with Crippen molar-refractivity contribution in [3.05, 3.63) is 94.6 Å². The van der Waals surface area contributed by atoms with E-state index in [2.05, 4.69) is 24.5 Å². The topological polar surface area (TPSA) is 79.4 Å². The van der Waals surface area contributed by atoms with E-state index in [1.807, 2.05) is 38.1 Å². The number of amides is 1. The Morgan fingerprint density at radius 3 is 2.50 bits per heavy atom. The molecule has 0 spiro atoms. The number of nitrogens with zero attached hydrogens (tertiary/aromatic N) is 2. The van der Waals surface area contributed by atoms with Crippen LogP contribution in [0.15, 0.2) is 60.8 Å². The lowest BCUT2D eigenvalue weighted by molar-refractivity contribution is 0.0239. The summed E-state index contributed by atoms with van der Waals surface area (Å²) in [5.41, 5.74) is 11.6. The van der Waals surface area contributed by atoms with E-state index in [-0.39, 0.29) is 11.7 Å². The van der Waals surface area contributed by atoms with E-state index >= 15 is 0 Å². The summed E-state index contributed by atoms with van der Waals surface area (Å²) in [5, 5.41) is 0. The molecule has 4 aromatic rings. The van der Waals surface area contributed by atoms with E-state index < -0.39 is 11.7 Å². The van der Waals surface area contributed by atoms with Crippen molar-refractivity contribution in [1.29, 1.82) is 0 Å². The van der Waals surface area contributed by atoms with E-state index in [1.54, 1.807) is 25.4 Å². The minimum atomic E-state index is -0.943. The number of carbonyl (C=O) groups is 1. The quantitative estimate of drug-likeness (QED) is 0.327. The zero-order valence-corrected chi connectivity index (χ0v) is 21.3. The fourth-order valence-corrected chi connectivity index (χ4v) is 4.92. The molecule has 7 heteroatoms. The van der Waals surface area contributed by atoms with Gasteiger partial charge < -0.3 is 19.8 Å².